The van der Waals surface area contributed by atoms with Crippen LogP contribution in [0, 0.1) is 24.9 Å². The molecule has 0 bridgehead atoms. The fourth-order valence-electron chi connectivity index (χ4n) is 4.95. The molecule has 2 aromatic heterocycles. The summed E-state index contributed by atoms with van der Waals surface area (Å²) in [5.41, 5.74) is 2.36. The maximum Gasteiger partial charge on any atom is 0.213 e. The lowest BCUT2D eigenvalue weighted by Gasteiger charge is -2.44. The van der Waals surface area contributed by atoms with Crippen molar-refractivity contribution in [2.24, 2.45) is 5.92 Å². The molecule has 3 aromatic rings. The summed E-state index contributed by atoms with van der Waals surface area (Å²) >= 11 is 0. The Morgan fingerprint density at radius 1 is 1.11 bits per heavy atom. The van der Waals surface area contributed by atoms with Crippen molar-refractivity contribution in [3.05, 3.63) is 82.9 Å². The average molecular weight is 479 g/mol. The van der Waals surface area contributed by atoms with Crippen LogP contribution in [0.25, 0.3) is 0 Å². The summed E-state index contributed by atoms with van der Waals surface area (Å²) in [5.74, 6) is -0.824. The quantitative estimate of drug-likeness (QED) is 0.497. The monoisotopic (exact) mass is 478 g/mol. The number of carbonyl (C=O) groups excluding carboxylic acids is 1. The smallest absolute Gasteiger partial charge is 0.213 e. The van der Waals surface area contributed by atoms with Gasteiger partial charge in [0.05, 0.1) is 27.0 Å². The van der Waals surface area contributed by atoms with E-state index in [1.165, 1.54) is 20.3 Å². The number of aliphatic hydroxyl groups excluding tert-OH is 1. The van der Waals surface area contributed by atoms with Gasteiger partial charge in [0.15, 0.2) is 5.78 Å². The molecule has 1 aliphatic rings. The standard InChI is InChI=1S/C27H29FN3O4/c1-17-19(6-4-7-22(17)28)26-20(18-10-11-24(34-2)29-14-18)15-31(12-13-32)16-21(26)27(33)23-8-5-9-25(30-23)35-3/h4-11,20-21,26,32H,12-13,15-16H2,1-3H3/t20-,21+,26-/m1/s1. The highest BCUT2D eigenvalue weighted by Gasteiger charge is 2.43. The third-order valence-corrected chi connectivity index (χ3v) is 6.69. The summed E-state index contributed by atoms with van der Waals surface area (Å²) in [4.78, 5) is 24.6. The number of ketones is 1. The van der Waals surface area contributed by atoms with Gasteiger partial charge >= 0.3 is 0 Å². The van der Waals surface area contributed by atoms with E-state index in [4.69, 9.17) is 9.47 Å². The van der Waals surface area contributed by atoms with Gasteiger partial charge in [-0.2, -0.15) is 0 Å². The molecular formula is C27H29FN3O4. The Kier molecular flexibility index (Phi) is 7.73. The number of nitrogens with zero attached hydrogens (tertiary/aromatic N) is 3. The molecule has 183 valence electrons. The van der Waals surface area contributed by atoms with Crippen molar-refractivity contribution in [3.8, 4) is 11.8 Å². The molecule has 1 N–H and O–H groups in total. The van der Waals surface area contributed by atoms with Crippen LogP contribution in [0.15, 0.2) is 48.5 Å². The van der Waals surface area contributed by atoms with Gasteiger partial charge in [-0.15, -0.1) is 0 Å². The first kappa shape index (κ1) is 24.8. The van der Waals surface area contributed by atoms with Crippen molar-refractivity contribution >= 4 is 5.78 Å². The maximum atomic E-state index is 14.7. The van der Waals surface area contributed by atoms with Gasteiger partial charge in [0.25, 0.3) is 0 Å². The van der Waals surface area contributed by atoms with Crippen molar-refractivity contribution in [2.75, 3.05) is 40.5 Å². The van der Waals surface area contributed by atoms with Crippen LogP contribution < -0.4 is 9.47 Å². The lowest BCUT2D eigenvalue weighted by atomic mass is 9.68. The molecule has 1 fully saturated rings. The molecule has 7 nitrogen and oxygen atoms in total. The van der Waals surface area contributed by atoms with Crippen molar-refractivity contribution < 1.29 is 23.8 Å². The minimum Gasteiger partial charge on any atom is -0.481 e. The van der Waals surface area contributed by atoms with Crippen molar-refractivity contribution in [2.45, 2.75) is 18.8 Å². The first-order valence-electron chi connectivity index (χ1n) is 11.5. The number of hydrogen-bond donors (Lipinski definition) is 1. The number of β-amino-alcohol motifs (C(OH)–C–C–N with tert-alkyl or cyclic N) is 1. The lowest BCUT2D eigenvalue weighted by molar-refractivity contribution is 0.0694. The molecule has 0 amide bonds. The van der Waals surface area contributed by atoms with E-state index in [9.17, 15) is 14.3 Å². The normalized spacial score (nSPS) is 20.4. The number of aromatic nitrogens is 2. The lowest BCUT2D eigenvalue weighted by Crippen LogP contribution is -2.48. The molecule has 3 heterocycles. The SMILES string of the molecule is COc1ccc([C@H]2CN(CCO)C[C@H](C(=O)c3cccc(OC)n3)[C@@H]2c2cccc(F)c2C)[c]n1. The van der Waals surface area contributed by atoms with Crippen molar-refractivity contribution in [1.82, 2.24) is 14.9 Å². The van der Waals surface area contributed by atoms with E-state index in [-0.39, 0.29) is 35.7 Å². The van der Waals surface area contributed by atoms with Crippen LogP contribution >= 0.6 is 0 Å². The summed E-state index contributed by atoms with van der Waals surface area (Å²) in [6.07, 6.45) is 3.07. The Bertz CT molecular complexity index is 1170. The van der Waals surface area contributed by atoms with E-state index in [1.54, 1.807) is 37.3 Å². The van der Waals surface area contributed by atoms with E-state index in [1.807, 2.05) is 12.1 Å². The predicted octanol–water partition coefficient (Wildman–Crippen LogP) is 3.42. The van der Waals surface area contributed by atoms with Crippen molar-refractivity contribution in [3.63, 3.8) is 0 Å². The number of halogens is 1. The minimum absolute atomic E-state index is 0.0424. The molecule has 8 heteroatoms. The van der Waals surface area contributed by atoms with E-state index in [0.717, 1.165) is 11.1 Å². The molecule has 35 heavy (non-hydrogen) atoms. The molecule has 0 spiro atoms. The number of aliphatic hydroxyl groups is 1. The number of likely N-dealkylation sites (tertiary alicyclic amines) is 1. The Morgan fingerprint density at radius 2 is 1.89 bits per heavy atom. The first-order valence-corrected chi connectivity index (χ1v) is 11.5. The van der Waals surface area contributed by atoms with Crippen LogP contribution in [-0.4, -0.2) is 66.2 Å². The second-order valence-electron chi connectivity index (χ2n) is 8.66. The zero-order valence-corrected chi connectivity index (χ0v) is 20.1. The van der Waals surface area contributed by atoms with Gasteiger partial charge in [-0.1, -0.05) is 24.3 Å². The molecule has 3 atom stereocenters. The van der Waals surface area contributed by atoms with Gasteiger partial charge in [0.2, 0.25) is 11.8 Å². The van der Waals surface area contributed by atoms with Crippen LogP contribution in [-0.2, 0) is 0 Å². The number of rotatable bonds is 8. The summed E-state index contributed by atoms with van der Waals surface area (Å²) in [7, 11) is 3.04. The minimum atomic E-state index is -0.545. The van der Waals surface area contributed by atoms with Crippen LogP contribution in [0.3, 0.4) is 0 Å². The second-order valence-corrected chi connectivity index (χ2v) is 8.66. The highest BCUT2D eigenvalue weighted by atomic mass is 19.1. The largest absolute Gasteiger partial charge is 0.481 e. The summed E-state index contributed by atoms with van der Waals surface area (Å²) in [6.45, 7) is 3.06. The highest BCUT2D eigenvalue weighted by molar-refractivity contribution is 5.97. The number of piperidine rings is 1. The maximum absolute atomic E-state index is 14.7. The van der Waals surface area contributed by atoms with Crippen LogP contribution in [0.5, 0.6) is 11.8 Å². The fourth-order valence-corrected chi connectivity index (χ4v) is 4.95. The van der Waals surface area contributed by atoms with Crippen LogP contribution in [0.1, 0.15) is 39.0 Å². The number of Topliss-reactive ketones (excluding diaryl/α,β-unsaturated/α-hetero) is 1. The molecule has 0 unspecified atom stereocenters. The van der Waals surface area contributed by atoms with E-state index < -0.39 is 5.92 Å². The fraction of sp³-hybridized carbons (Fsp3) is 0.370. The number of hydrogen-bond acceptors (Lipinski definition) is 7. The number of carbonyl (C=O) groups is 1. The third kappa shape index (κ3) is 5.18. The highest BCUT2D eigenvalue weighted by Crippen LogP contribution is 2.45. The Balaban J connectivity index is 1.85. The number of pyridine rings is 2. The number of benzene rings is 1. The summed E-state index contributed by atoms with van der Waals surface area (Å²) in [6, 6.07) is 13.7. The van der Waals surface area contributed by atoms with E-state index in [0.29, 0.717) is 37.0 Å². The topological polar surface area (TPSA) is 84.8 Å². The number of ether oxygens (including phenoxy) is 2. The molecule has 4 rings (SSSR count). The Hall–Kier alpha value is -3.36. The van der Waals surface area contributed by atoms with Crippen LogP contribution in [0.2, 0.25) is 0 Å². The molecule has 1 aliphatic heterocycles. The molecule has 1 aromatic carbocycles. The zero-order chi connectivity index (χ0) is 24.9. The average Bonchev–Trinajstić information content (AvgIpc) is 2.90. The Labute approximate surface area is 204 Å². The van der Waals surface area contributed by atoms with Crippen molar-refractivity contribution in [1.29, 1.82) is 0 Å². The van der Waals surface area contributed by atoms with Gasteiger partial charge in [-0.3, -0.25) is 9.69 Å². The summed E-state index contributed by atoms with van der Waals surface area (Å²) < 4.78 is 25.1. The van der Waals surface area contributed by atoms with Gasteiger partial charge < -0.3 is 14.6 Å². The van der Waals surface area contributed by atoms with Gasteiger partial charge in [-0.25, -0.2) is 14.4 Å². The molecule has 0 saturated carbocycles. The molecular weight excluding hydrogens is 449 g/mol. The summed E-state index contributed by atoms with van der Waals surface area (Å²) in [5, 5.41) is 9.68. The molecule has 1 radical (unpaired) electrons. The van der Waals surface area contributed by atoms with Crippen LogP contribution in [0.4, 0.5) is 4.39 Å². The van der Waals surface area contributed by atoms with Gasteiger partial charge in [0, 0.05) is 49.5 Å². The third-order valence-electron chi connectivity index (χ3n) is 6.69. The molecule has 1 saturated heterocycles. The Morgan fingerprint density at radius 3 is 2.57 bits per heavy atom. The predicted molar refractivity (Wildman–Crippen MR) is 128 cm³/mol. The number of methoxy groups -OCH3 is 2. The van der Waals surface area contributed by atoms with Gasteiger partial charge in [-0.05, 0) is 35.7 Å². The van der Waals surface area contributed by atoms with E-state index in [2.05, 4.69) is 21.1 Å². The molecule has 0 aliphatic carbocycles. The zero-order valence-electron chi connectivity index (χ0n) is 20.1. The van der Waals surface area contributed by atoms with Gasteiger partial charge in [0.1, 0.15) is 11.5 Å². The first-order chi connectivity index (χ1) is 17.0. The van der Waals surface area contributed by atoms with E-state index >= 15 is 0 Å². The second kappa shape index (κ2) is 10.9.